The number of halogens is 1. The fraction of sp³-hybridized carbons (Fsp3) is 0.258. The molecule has 2 aromatic carbocycles. The van der Waals surface area contributed by atoms with E-state index in [0.717, 1.165) is 58.9 Å². The number of aromatic nitrogens is 2. The highest BCUT2D eigenvalue weighted by atomic mass is 19.1. The van der Waals surface area contributed by atoms with E-state index in [1.165, 1.54) is 28.9 Å². The van der Waals surface area contributed by atoms with Gasteiger partial charge in [-0.1, -0.05) is 6.07 Å². The number of carbonyl (C=O) groups excluding carboxylic acids is 1. The number of benzene rings is 2. The molecular formula is C31H34FN7O. The molecule has 0 atom stereocenters. The van der Waals surface area contributed by atoms with Gasteiger partial charge in [-0.25, -0.2) is 4.39 Å². The predicted octanol–water partition coefficient (Wildman–Crippen LogP) is 3.71. The summed E-state index contributed by atoms with van der Waals surface area (Å²) < 4.78 is 15.2. The van der Waals surface area contributed by atoms with Crippen molar-refractivity contribution in [2.75, 3.05) is 26.2 Å². The maximum atomic E-state index is 13.6. The number of nitrogens with one attached hydrogen (secondary N) is 4. The Morgan fingerprint density at radius 3 is 2.80 bits per heavy atom. The van der Waals surface area contributed by atoms with Crippen molar-refractivity contribution < 1.29 is 9.18 Å². The first kappa shape index (κ1) is 27.2. The average molecular weight is 540 g/mol. The van der Waals surface area contributed by atoms with Crippen LogP contribution in [0.1, 0.15) is 24.0 Å². The fourth-order valence-electron chi connectivity index (χ4n) is 4.91. The van der Waals surface area contributed by atoms with Crippen LogP contribution in [-0.4, -0.2) is 53.5 Å². The number of amides is 1. The molecule has 0 saturated carbocycles. The molecule has 2 aromatic heterocycles. The summed E-state index contributed by atoms with van der Waals surface area (Å²) in [4.78, 5) is 17.0. The molecular weight excluding hydrogens is 505 g/mol. The van der Waals surface area contributed by atoms with Crippen LogP contribution in [0.4, 0.5) is 4.39 Å². The number of hydrogen-bond donors (Lipinski definition) is 5. The van der Waals surface area contributed by atoms with Crippen molar-refractivity contribution in [1.82, 2.24) is 25.5 Å². The minimum absolute atomic E-state index is 0.0745. The molecule has 6 N–H and O–H groups in total. The third kappa shape index (κ3) is 6.62. The molecule has 5 rings (SSSR count). The maximum absolute atomic E-state index is 13.6. The highest BCUT2D eigenvalue weighted by molar-refractivity contribution is 6.03. The first-order valence-corrected chi connectivity index (χ1v) is 13.6. The average Bonchev–Trinajstić information content (AvgIpc) is 3.40. The van der Waals surface area contributed by atoms with Gasteiger partial charge < -0.3 is 26.3 Å². The maximum Gasteiger partial charge on any atom is 0.244 e. The molecule has 8 nitrogen and oxygen atoms in total. The second kappa shape index (κ2) is 12.7. The van der Waals surface area contributed by atoms with Crippen LogP contribution in [-0.2, 0) is 11.2 Å². The Kier molecular flexibility index (Phi) is 8.63. The molecule has 4 aromatic rings. The van der Waals surface area contributed by atoms with Gasteiger partial charge in [0.2, 0.25) is 5.91 Å². The van der Waals surface area contributed by atoms with Crippen molar-refractivity contribution in [1.29, 1.82) is 5.41 Å². The second-order valence-corrected chi connectivity index (χ2v) is 9.96. The molecule has 1 amide bonds. The van der Waals surface area contributed by atoms with Gasteiger partial charge in [0.15, 0.2) is 0 Å². The summed E-state index contributed by atoms with van der Waals surface area (Å²) >= 11 is 0. The zero-order chi connectivity index (χ0) is 27.9. The number of carbonyl (C=O) groups is 1. The third-order valence-electron chi connectivity index (χ3n) is 7.19. The van der Waals surface area contributed by atoms with Gasteiger partial charge in [-0.3, -0.25) is 15.2 Å². The lowest BCUT2D eigenvalue weighted by Gasteiger charge is -2.23. The summed E-state index contributed by atoms with van der Waals surface area (Å²) in [6.07, 6.45) is 11.1. The van der Waals surface area contributed by atoms with Crippen LogP contribution >= 0.6 is 0 Å². The van der Waals surface area contributed by atoms with Crippen molar-refractivity contribution in [2.24, 2.45) is 5.73 Å². The summed E-state index contributed by atoms with van der Waals surface area (Å²) in [5, 5.41) is 19.9. The molecule has 0 unspecified atom stereocenters. The van der Waals surface area contributed by atoms with Crippen molar-refractivity contribution in [2.45, 2.75) is 25.3 Å². The molecule has 9 heteroatoms. The van der Waals surface area contributed by atoms with Gasteiger partial charge in [-0.05, 0) is 97.6 Å². The Morgan fingerprint density at radius 2 is 1.98 bits per heavy atom. The monoisotopic (exact) mass is 539 g/mol. The largest absolute Gasteiger partial charge is 0.388 e. The number of nitrogens with zero attached hydrogens (tertiary/aromatic N) is 2. The van der Waals surface area contributed by atoms with Gasteiger partial charge in [0.25, 0.3) is 0 Å². The lowest BCUT2D eigenvalue weighted by molar-refractivity contribution is -0.116. The normalized spacial score (nSPS) is 14.7. The minimum atomic E-state index is -0.372. The Hall–Kier alpha value is -4.34. The SMILES string of the molecule is N=C(/C=C\C(=O)NCCc1ccc2ncc(/C(=C/NC3CCNCC3)CN)cc2c1)n1ccc2ccc(F)cc21. The number of pyridine rings is 1. The number of fused-ring (bicyclic) bond motifs is 2. The van der Waals surface area contributed by atoms with E-state index in [-0.39, 0.29) is 17.6 Å². The fourth-order valence-corrected chi connectivity index (χ4v) is 4.91. The smallest absolute Gasteiger partial charge is 0.244 e. The summed E-state index contributed by atoms with van der Waals surface area (Å²) in [7, 11) is 0. The number of piperidine rings is 1. The van der Waals surface area contributed by atoms with Crippen molar-refractivity contribution in [3.8, 4) is 0 Å². The molecule has 0 spiro atoms. The summed E-state index contributed by atoms with van der Waals surface area (Å²) in [6.45, 7) is 2.91. The number of hydrogen-bond acceptors (Lipinski definition) is 6. The van der Waals surface area contributed by atoms with Crippen LogP contribution in [0.3, 0.4) is 0 Å². The number of nitrogens with two attached hydrogens (primary N) is 1. The van der Waals surface area contributed by atoms with E-state index < -0.39 is 0 Å². The van der Waals surface area contributed by atoms with Crippen LogP contribution < -0.4 is 21.7 Å². The predicted molar refractivity (Wildman–Crippen MR) is 159 cm³/mol. The molecule has 40 heavy (non-hydrogen) atoms. The second-order valence-electron chi connectivity index (χ2n) is 9.96. The van der Waals surface area contributed by atoms with E-state index in [4.69, 9.17) is 11.1 Å². The number of allylic oxidation sites excluding steroid dienone is 1. The standard InChI is InChI=1S/C31H34FN7O/c32-26-3-2-22-10-14-39(29(22)17-26)30(34)5-6-31(40)36-13-7-21-1-4-28-23(15-21)16-24(19-38-28)25(18-33)20-37-27-8-11-35-12-9-27/h1-6,10,14-17,19-20,27,34-35,37H,7-9,11-13,18,33H2,(H,36,40)/b6-5-,25-20+,34-30?. The summed E-state index contributed by atoms with van der Waals surface area (Å²) in [5.41, 5.74) is 10.6. The molecule has 0 bridgehead atoms. The van der Waals surface area contributed by atoms with Gasteiger partial charge >= 0.3 is 0 Å². The lowest BCUT2D eigenvalue weighted by Crippen LogP contribution is -2.37. The molecule has 0 radical (unpaired) electrons. The van der Waals surface area contributed by atoms with Crippen LogP contribution in [0.2, 0.25) is 0 Å². The zero-order valence-corrected chi connectivity index (χ0v) is 22.3. The minimum Gasteiger partial charge on any atom is -0.388 e. The molecule has 1 saturated heterocycles. The van der Waals surface area contributed by atoms with Crippen LogP contribution in [0.5, 0.6) is 0 Å². The van der Waals surface area contributed by atoms with E-state index in [0.29, 0.717) is 31.1 Å². The Balaban J connectivity index is 1.17. The summed E-state index contributed by atoms with van der Waals surface area (Å²) in [6, 6.07) is 14.9. The third-order valence-corrected chi connectivity index (χ3v) is 7.19. The van der Waals surface area contributed by atoms with E-state index in [2.05, 4.69) is 33.1 Å². The first-order valence-electron chi connectivity index (χ1n) is 13.6. The lowest BCUT2D eigenvalue weighted by atomic mass is 10.0. The van der Waals surface area contributed by atoms with Crippen LogP contribution in [0, 0.1) is 11.2 Å². The van der Waals surface area contributed by atoms with E-state index >= 15 is 0 Å². The van der Waals surface area contributed by atoms with Crippen molar-refractivity contribution in [3.63, 3.8) is 0 Å². The van der Waals surface area contributed by atoms with Gasteiger partial charge in [0.05, 0.1) is 11.0 Å². The van der Waals surface area contributed by atoms with Gasteiger partial charge in [0, 0.05) is 54.6 Å². The zero-order valence-electron chi connectivity index (χ0n) is 22.3. The van der Waals surface area contributed by atoms with Gasteiger partial charge in [-0.2, -0.15) is 0 Å². The Bertz CT molecular complexity index is 1580. The summed E-state index contributed by atoms with van der Waals surface area (Å²) in [5.74, 6) is -0.592. The van der Waals surface area contributed by atoms with E-state index in [1.54, 1.807) is 18.3 Å². The molecule has 1 fully saturated rings. The van der Waals surface area contributed by atoms with E-state index in [1.807, 2.05) is 24.5 Å². The van der Waals surface area contributed by atoms with Crippen molar-refractivity contribution in [3.05, 3.63) is 96.2 Å². The molecule has 0 aliphatic carbocycles. The highest BCUT2D eigenvalue weighted by Gasteiger charge is 2.12. The quantitative estimate of drug-likeness (QED) is 0.126. The Labute approximate surface area is 232 Å². The number of rotatable bonds is 9. The molecule has 1 aliphatic rings. The molecule has 206 valence electrons. The van der Waals surface area contributed by atoms with Crippen LogP contribution in [0.25, 0.3) is 27.4 Å². The molecule has 1 aliphatic heterocycles. The van der Waals surface area contributed by atoms with Gasteiger partial charge in [0.1, 0.15) is 11.7 Å². The Morgan fingerprint density at radius 1 is 1.12 bits per heavy atom. The first-order chi connectivity index (χ1) is 19.5. The van der Waals surface area contributed by atoms with Gasteiger partial charge in [-0.15, -0.1) is 0 Å². The van der Waals surface area contributed by atoms with Crippen LogP contribution in [0.15, 0.2) is 79.3 Å². The molecule has 3 heterocycles. The van der Waals surface area contributed by atoms with E-state index in [9.17, 15) is 9.18 Å². The topological polar surface area (TPSA) is 121 Å². The highest BCUT2D eigenvalue weighted by Crippen LogP contribution is 2.21. The van der Waals surface area contributed by atoms with Crippen molar-refractivity contribution >= 4 is 39.1 Å².